The lowest BCUT2D eigenvalue weighted by Gasteiger charge is -2.03. The van der Waals surface area contributed by atoms with Crippen LogP contribution >= 0.6 is 0 Å². The molecule has 0 aliphatic carbocycles. The van der Waals surface area contributed by atoms with Crippen molar-refractivity contribution in [1.82, 2.24) is 5.32 Å². The Morgan fingerprint density at radius 1 is 1.30 bits per heavy atom. The molecule has 0 aliphatic heterocycles. The first-order chi connectivity index (χ1) is 4.59. The molecule has 0 unspecified atom stereocenters. The lowest BCUT2D eigenvalue weighted by Crippen LogP contribution is -2.11. The maximum atomic E-state index is 7.24. The molecule has 0 saturated heterocycles. The van der Waals surface area contributed by atoms with Crippen LogP contribution in [-0.2, 0) is 0 Å². The van der Waals surface area contributed by atoms with Crippen LogP contribution in [0.15, 0.2) is 11.3 Å². The number of rotatable bonds is 3. The summed E-state index contributed by atoms with van der Waals surface area (Å²) in [7, 11) is 0. The van der Waals surface area contributed by atoms with Crippen molar-refractivity contribution in [2.75, 3.05) is 0 Å². The smallest absolute Gasteiger partial charge is 0.0832 e. The molecular formula is C7H13N3. The highest BCUT2D eigenvalue weighted by Gasteiger charge is 1.95. The summed E-state index contributed by atoms with van der Waals surface area (Å²) in [6.07, 6.45) is 1.11. The third kappa shape index (κ3) is 2.44. The van der Waals surface area contributed by atoms with Gasteiger partial charge in [0.25, 0.3) is 0 Å². The normalized spacial score (nSPS) is 11.9. The zero-order chi connectivity index (χ0) is 8.15. The minimum absolute atomic E-state index is 0.534. The van der Waals surface area contributed by atoms with E-state index in [-0.39, 0.29) is 0 Å². The first-order valence-electron chi connectivity index (χ1n) is 3.08. The Kier molecular flexibility index (Phi) is 3.39. The predicted molar refractivity (Wildman–Crippen MR) is 43.7 cm³/mol. The van der Waals surface area contributed by atoms with Crippen molar-refractivity contribution in [1.29, 1.82) is 10.8 Å². The summed E-state index contributed by atoms with van der Waals surface area (Å²) in [5, 5.41) is 16.7. The molecule has 0 aliphatic rings. The maximum Gasteiger partial charge on any atom is 0.0832 e. The molecule has 0 fully saturated rings. The number of hydrogen-bond acceptors (Lipinski definition) is 2. The fourth-order valence-electron chi connectivity index (χ4n) is 0.498. The van der Waals surface area contributed by atoms with Gasteiger partial charge >= 0.3 is 0 Å². The molecular weight excluding hydrogens is 126 g/mol. The molecule has 0 radical (unpaired) electrons. The molecule has 3 heteroatoms. The summed E-state index contributed by atoms with van der Waals surface area (Å²) in [5.41, 5.74) is 2.29. The van der Waals surface area contributed by atoms with Crippen LogP contribution in [-0.4, -0.2) is 12.1 Å². The molecule has 0 spiro atoms. The van der Waals surface area contributed by atoms with Crippen molar-refractivity contribution >= 4 is 12.1 Å². The Labute approximate surface area is 61.2 Å². The second-order valence-corrected chi connectivity index (χ2v) is 2.16. The van der Waals surface area contributed by atoms with Crippen LogP contribution < -0.4 is 5.32 Å². The molecule has 3 nitrogen and oxygen atoms in total. The van der Waals surface area contributed by atoms with E-state index in [1.165, 1.54) is 0 Å². The van der Waals surface area contributed by atoms with Gasteiger partial charge in [-0.25, -0.2) is 0 Å². The average Bonchev–Trinajstić information content (AvgIpc) is 1.87. The van der Waals surface area contributed by atoms with Crippen molar-refractivity contribution in [2.24, 2.45) is 0 Å². The summed E-state index contributed by atoms with van der Waals surface area (Å²) in [6.45, 7) is 5.43. The zero-order valence-corrected chi connectivity index (χ0v) is 6.58. The topological polar surface area (TPSA) is 59.7 Å². The van der Waals surface area contributed by atoms with E-state index in [0.717, 1.165) is 17.6 Å². The van der Waals surface area contributed by atoms with E-state index in [1.54, 1.807) is 6.92 Å². The third-order valence-electron chi connectivity index (χ3n) is 1.41. The van der Waals surface area contributed by atoms with E-state index < -0.39 is 0 Å². The van der Waals surface area contributed by atoms with Crippen molar-refractivity contribution in [3.63, 3.8) is 0 Å². The van der Waals surface area contributed by atoms with Gasteiger partial charge < -0.3 is 10.7 Å². The minimum Gasteiger partial charge on any atom is -0.350 e. The quantitative estimate of drug-likeness (QED) is 0.403. The zero-order valence-electron chi connectivity index (χ0n) is 6.58. The SMILES string of the molecule is CC(=N)/C(C)=C(\C)NC=N. The number of allylic oxidation sites excluding steroid dienone is 2. The molecule has 0 aromatic rings. The molecule has 0 saturated carbocycles. The first-order valence-corrected chi connectivity index (χ1v) is 3.08. The van der Waals surface area contributed by atoms with Gasteiger partial charge in [-0.05, 0) is 26.3 Å². The van der Waals surface area contributed by atoms with Crippen molar-refractivity contribution in [3.05, 3.63) is 11.3 Å². The molecule has 0 heterocycles. The van der Waals surface area contributed by atoms with E-state index in [4.69, 9.17) is 10.8 Å². The fraction of sp³-hybridized carbons (Fsp3) is 0.429. The predicted octanol–water partition coefficient (Wildman–Crippen LogP) is 1.52. The van der Waals surface area contributed by atoms with Gasteiger partial charge in [0.2, 0.25) is 0 Å². The van der Waals surface area contributed by atoms with Crippen molar-refractivity contribution in [2.45, 2.75) is 20.8 Å². The third-order valence-corrected chi connectivity index (χ3v) is 1.41. The van der Waals surface area contributed by atoms with Gasteiger partial charge in [0.15, 0.2) is 0 Å². The summed E-state index contributed by atoms with van der Waals surface area (Å²) < 4.78 is 0. The van der Waals surface area contributed by atoms with Crippen LogP contribution in [0.4, 0.5) is 0 Å². The average molecular weight is 139 g/mol. The molecule has 0 bridgehead atoms. The lowest BCUT2D eigenvalue weighted by atomic mass is 10.1. The largest absolute Gasteiger partial charge is 0.350 e. The van der Waals surface area contributed by atoms with Crippen molar-refractivity contribution in [3.8, 4) is 0 Å². The Bertz CT molecular complexity index is 179. The molecule has 10 heavy (non-hydrogen) atoms. The Hall–Kier alpha value is -1.12. The van der Waals surface area contributed by atoms with Gasteiger partial charge in [-0.1, -0.05) is 0 Å². The van der Waals surface area contributed by atoms with Crippen LogP contribution in [0.1, 0.15) is 20.8 Å². The lowest BCUT2D eigenvalue weighted by molar-refractivity contribution is 1.10. The highest BCUT2D eigenvalue weighted by molar-refractivity contribution is 5.95. The Morgan fingerprint density at radius 3 is 2.10 bits per heavy atom. The minimum atomic E-state index is 0.534. The standard InChI is InChI=1S/C7H13N3/c1-5(6(2)9)7(3)10-4-8/h4,9H,1-3H3,(H2,8,10)/b7-5+,9-6?. The molecule has 56 valence electrons. The molecule has 3 N–H and O–H groups in total. The second kappa shape index (κ2) is 3.82. The van der Waals surface area contributed by atoms with Gasteiger partial charge in [-0.2, -0.15) is 0 Å². The molecule has 0 aromatic carbocycles. The van der Waals surface area contributed by atoms with Gasteiger partial charge in [0.05, 0.1) is 6.34 Å². The fourth-order valence-corrected chi connectivity index (χ4v) is 0.498. The van der Waals surface area contributed by atoms with Crippen molar-refractivity contribution < 1.29 is 0 Å². The summed E-state index contributed by atoms with van der Waals surface area (Å²) >= 11 is 0. The Morgan fingerprint density at radius 2 is 1.80 bits per heavy atom. The molecule has 0 atom stereocenters. The molecule has 0 rings (SSSR count). The van der Waals surface area contributed by atoms with Crippen LogP contribution in [0.2, 0.25) is 0 Å². The van der Waals surface area contributed by atoms with Crippen LogP contribution in [0.3, 0.4) is 0 Å². The second-order valence-electron chi connectivity index (χ2n) is 2.16. The highest BCUT2D eigenvalue weighted by atomic mass is 14.9. The number of nitrogens with one attached hydrogen (secondary N) is 3. The highest BCUT2D eigenvalue weighted by Crippen LogP contribution is 1.99. The van der Waals surface area contributed by atoms with E-state index in [2.05, 4.69) is 5.32 Å². The van der Waals surface area contributed by atoms with Gasteiger partial charge in [0.1, 0.15) is 0 Å². The summed E-state index contributed by atoms with van der Waals surface area (Å²) in [4.78, 5) is 0. The van der Waals surface area contributed by atoms with Crippen LogP contribution in [0, 0.1) is 10.8 Å². The van der Waals surface area contributed by atoms with Gasteiger partial charge in [-0.15, -0.1) is 0 Å². The first kappa shape index (κ1) is 8.88. The van der Waals surface area contributed by atoms with Crippen LogP contribution in [0.5, 0.6) is 0 Å². The van der Waals surface area contributed by atoms with E-state index in [0.29, 0.717) is 5.71 Å². The monoisotopic (exact) mass is 139 g/mol. The summed E-state index contributed by atoms with van der Waals surface area (Å²) in [6, 6.07) is 0. The van der Waals surface area contributed by atoms with Crippen LogP contribution in [0.25, 0.3) is 0 Å². The maximum absolute atomic E-state index is 7.24. The van der Waals surface area contributed by atoms with E-state index in [1.807, 2.05) is 13.8 Å². The molecule has 0 aromatic heterocycles. The molecule has 0 amide bonds. The van der Waals surface area contributed by atoms with E-state index >= 15 is 0 Å². The van der Waals surface area contributed by atoms with Gasteiger partial charge in [0, 0.05) is 11.4 Å². The van der Waals surface area contributed by atoms with Gasteiger partial charge in [-0.3, -0.25) is 5.41 Å². The number of hydrogen-bond donors (Lipinski definition) is 3. The van der Waals surface area contributed by atoms with E-state index in [9.17, 15) is 0 Å². The summed E-state index contributed by atoms with van der Waals surface area (Å²) in [5.74, 6) is 0. The Balaban J connectivity index is 4.33.